The Kier molecular flexibility index (Phi) is 7.45. The first-order chi connectivity index (χ1) is 25.9. The Hall–Kier alpha value is -5.84. The zero-order valence-corrected chi connectivity index (χ0v) is 29.2. The molecule has 2 N–H and O–H groups in total. The van der Waals surface area contributed by atoms with E-state index in [-0.39, 0.29) is 40.7 Å². The molecule has 0 bridgehead atoms. The fourth-order valence-corrected chi connectivity index (χ4v) is 8.90. The second kappa shape index (κ2) is 12.4. The first-order valence-electron chi connectivity index (χ1n) is 18.5. The number of aromatic nitrogens is 2. The number of hydrogen-bond acceptors (Lipinski definition) is 8. The van der Waals surface area contributed by atoms with Crippen LogP contribution in [0, 0.1) is 0 Å². The lowest BCUT2D eigenvalue weighted by Crippen LogP contribution is -2.35. The number of likely N-dealkylation sites (tertiary alicyclic amines) is 2. The maximum absolute atomic E-state index is 13.9. The Balaban J connectivity index is 0.935. The molecule has 10 nitrogen and oxygen atoms in total. The van der Waals surface area contributed by atoms with Gasteiger partial charge in [-0.25, -0.2) is 9.98 Å². The number of carbonyl (C=O) groups is 2. The summed E-state index contributed by atoms with van der Waals surface area (Å²) in [7, 11) is 0. The van der Waals surface area contributed by atoms with Gasteiger partial charge < -0.3 is 10.2 Å². The van der Waals surface area contributed by atoms with Crippen molar-refractivity contribution in [2.45, 2.75) is 44.9 Å². The van der Waals surface area contributed by atoms with Gasteiger partial charge in [0, 0.05) is 28.4 Å². The molecule has 10 rings (SSSR count). The number of para-hydroxylation sites is 3. The van der Waals surface area contributed by atoms with Gasteiger partial charge in [-0.05, 0) is 93.2 Å². The van der Waals surface area contributed by atoms with Gasteiger partial charge in [0.25, 0.3) is 0 Å². The minimum absolute atomic E-state index is 0.0381. The maximum atomic E-state index is 13.9. The molecule has 4 aromatic carbocycles. The molecule has 2 aromatic heterocycles. The van der Waals surface area contributed by atoms with Crippen LogP contribution in [0.4, 0.5) is 11.4 Å². The van der Waals surface area contributed by atoms with Gasteiger partial charge in [0.1, 0.15) is 11.4 Å². The average Bonchev–Trinajstić information content (AvgIpc) is 4.00. The molecule has 4 aliphatic heterocycles. The number of fused-ring (bicyclic) bond motifs is 4. The molecular weight excluding hydrogens is 665 g/mol. The third kappa shape index (κ3) is 5.08. The number of nitrogens with zero attached hydrogens (tertiary/aromatic N) is 6. The fourth-order valence-electron chi connectivity index (χ4n) is 8.90. The van der Waals surface area contributed by atoms with Crippen LogP contribution in [0.2, 0.25) is 0 Å². The number of ketones is 2. The van der Waals surface area contributed by atoms with E-state index in [2.05, 4.69) is 14.8 Å². The van der Waals surface area contributed by atoms with Gasteiger partial charge in [-0.1, -0.05) is 54.6 Å². The zero-order valence-electron chi connectivity index (χ0n) is 29.2. The summed E-state index contributed by atoms with van der Waals surface area (Å²) in [5.74, 6) is -0.0377. The second-order valence-corrected chi connectivity index (χ2v) is 14.7. The normalized spacial score (nSPS) is 19.0. The summed E-state index contributed by atoms with van der Waals surface area (Å²) in [5, 5.41) is 24.9. The van der Waals surface area contributed by atoms with Crippen LogP contribution in [-0.4, -0.2) is 78.3 Å². The Morgan fingerprint density at radius 2 is 1.15 bits per heavy atom. The summed E-state index contributed by atoms with van der Waals surface area (Å²) >= 11 is 0. The molecule has 6 aromatic rings. The lowest BCUT2D eigenvalue weighted by molar-refractivity contribution is 0.106. The second-order valence-electron chi connectivity index (χ2n) is 14.7. The first-order valence-corrected chi connectivity index (χ1v) is 18.5. The summed E-state index contributed by atoms with van der Waals surface area (Å²) in [5.41, 5.74) is 6.73. The fraction of sp³-hybridized carbons (Fsp3) is 0.256. The van der Waals surface area contributed by atoms with Gasteiger partial charge in [-0.2, -0.15) is 0 Å². The predicted molar refractivity (Wildman–Crippen MR) is 205 cm³/mol. The third-order valence-electron chi connectivity index (χ3n) is 11.5. The van der Waals surface area contributed by atoms with Gasteiger partial charge >= 0.3 is 0 Å². The van der Waals surface area contributed by atoms with Crippen LogP contribution in [0.5, 0.6) is 11.8 Å². The molecule has 6 heterocycles. The molecule has 10 heteroatoms. The van der Waals surface area contributed by atoms with Crippen LogP contribution in [0.25, 0.3) is 21.8 Å². The largest absolute Gasteiger partial charge is 0.494 e. The molecule has 264 valence electrons. The highest BCUT2D eigenvalue weighted by Crippen LogP contribution is 2.41. The Morgan fingerprint density at radius 1 is 0.604 bits per heavy atom. The molecule has 0 aliphatic carbocycles. The van der Waals surface area contributed by atoms with E-state index in [1.54, 1.807) is 6.07 Å². The number of Topliss-reactive ketones (excluding diaryl/α,β-unsaturated/α-hetero) is 2. The summed E-state index contributed by atoms with van der Waals surface area (Å²) in [6.45, 7) is 4.61. The lowest BCUT2D eigenvalue weighted by atomic mass is 9.89. The van der Waals surface area contributed by atoms with E-state index >= 15 is 0 Å². The monoisotopic (exact) mass is 702 g/mol. The van der Waals surface area contributed by atoms with Gasteiger partial charge in [0.2, 0.25) is 23.3 Å². The van der Waals surface area contributed by atoms with Gasteiger partial charge in [0.15, 0.2) is 0 Å². The number of aliphatic imine (C=N–C) groups is 2. The SMILES string of the molecule is O=C1C(c2c(O)n(CN3CCCC3)c3ccccc23)=Nc2cc(C3CCCN(Cn4c(O)c(C5=Nc6ccccc6C5=O)c5ccccc54)C3)ccc21. The summed E-state index contributed by atoms with van der Waals surface area (Å²) in [4.78, 5) is 41.5. The highest BCUT2D eigenvalue weighted by molar-refractivity contribution is 6.57. The molecule has 1 atom stereocenters. The van der Waals surface area contributed by atoms with Crippen molar-refractivity contribution in [2.75, 3.05) is 26.2 Å². The molecule has 2 fully saturated rings. The Bertz CT molecular complexity index is 2570. The molecule has 4 aliphatic rings. The van der Waals surface area contributed by atoms with Crippen molar-refractivity contribution in [3.63, 3.8) is 0 Å². The quantitative estimate of drug-likeness (QED) is 0.178. The molecule has 0 saturated carbocycles. The van der Waals surface area contributed by atoms with E-state index in [4.69, 9.17) is 4.99 Å². The maximum Gasteiger partial charge on any atom is 0.214 e. The van der Waals surface area contributed by atoms with Gasteiger partial charge in [-0.15, -0.1) is 0 Å². The van der Waals surface area contributed by atoms with E-state index in [1.807, 2.05) is 94.1 Å². The standard InChI is InChI=1S/C43H38N6O4/c50-40-28-11-1-4-14-32(28)44-38(40)36-31-13-3-6-16-35(31)49(43(36)53)25-47-21-9-10-27(23-47)26-17-18-29-33(22-26)45-39(41(29)51)37-30-12-2-5-15-34(30)48(42(37)52)24-46-19-7-8-20-46/h1-6,11-18,22,27,52-53H,7-10,19-21,23-25H2. The van der Waals surface area contributed by atoms with Crippen molar-refractivity contribution in [1.82, 2.24) is 18.9 Å². The molecule has 0 radical (unpaired) electrons. The molecule has 53 heavy (non-hydrogen) atoms. The molecule has 0 amide bonds. The van der Waals surface area contributed by atoms with Crippen LogP contribution in [-0.2, 0) is 13.3 Å². The number of aromatic hydroxyl groups is 2. The van der Waals surface area contributed by atoms with Crippen LogP contribution in [0.3, 0.4) is 0 Å². The van der Waals surface area contributed by atoms with Crippen molar-refractivity contribution >= 4 is 56.2 Å². The molecular formula is C43H38N6O4. The van der Waals surface area contributed by atoms with Crippen LogP contribution >= 0.6 is 0 Å². The minimum Gasteiger partial charge on any atom is -0.494 e. The first kappa shape index (κ1) is 31.9. The number of hydrogen-bond donors (Lipinski definition) is 2. The molecule has 1 unspecified atom stereocenters. The predicted octanol–water partition coefficient (Wildman–Crippen LogP) is 7.53. The third-order valence-corrected chi connectivity index (χ3v) is 11.5. The highest BCUT2D eigenvalue weighted by atomic mass is 16.3. The van der Waals surface area contributed by atoms with Crippen molar-refractivity contribution in [1.29, 1.82) is 0 Å². The van der Waals surface area contributed by atoms with Crippen LogP contribution in [0.1, 0.15) is 69.0 Å². The van der Waals surface area contributed by atoms with Gasteiger partial charge in [0.05, 0.1) is 46.9 Å². The highest BCUT2D eigenvalue weighted by Gasteiger charge is 2.35. The van der Waals surface area contributed by atoms with E-state index in [1.165, 1.54) is 0 Å². The van der Waals surface area contributed by atoms with Crippen molar-refractivity contribution in [3.8, 4) is 11.8 Å². The van der Waals surface area contributed by atoms with E-state index in [9.17, 15) is 19.8 Å². The van der Waals surface area contributed by atoms with E-state index in [0.717, 1.165) is 79.2 Å². The Labute approximate surface area is 305 Å². The molecule has 2 saturated heterocycles. The van der Waals surface area contributed by atoms with Crippen molar-refractivity contribution < 1.29 is 19.8 Å². The number of piperidine rings is 1. The number of carbonyl (C=O) groups excluding carboxylic acids is 2. The van der Waals surface area contributed by atoms with E-state index < -0.39 is 0 Å². The smallest absolute Gasteiger partial charge is 0.214 e. The topological polar surface area (TPSA) is 116 Å². The number of rotatable bonds is 7. The van der Waals surface area contributed by atoms with Crippen molar-refractivity contribution in [2.24, 2.45) is 9.98 Å². The lowest BCUT2D eigenvalue weighted by Gasteiger charge is -2.33. The van der Waals surface area contributed by atoms with Crippen molar-refractivity contribution in [3.05, 3.63) is 119 Å². The average molecular weight is 703 g/mol. The molecule has 0 spiro atoms. The van der Waals surface area contributed by atoms with Gasteiger partial charge in [-0.3, -0.25) is 28.5 Å². The van der Waals surface area contributed by atoms with E-state index in [0.29, 0.717) is 47.0 Å². The van der Waals surface area contributed by atoms with Crippen LogP contribution < -0.4 is 0 Å². The number of benzene rings is 4. The van der Waals surface area contributed by atoms with Crippen LogP contribution in [0.15, 0.2) is 101 Å². The minimum atomic E-state index is -0.180. The summed E-state index contributed by atoms with van der Waals surface area (Å²) < 4.78 is 3.79. The zero-order chi connectivity index (χ0) is 35.8. The Morgan fingerprint density at radius 3 is 1.81 bits per heavy atom. The summed E-state index contributed by atoms with van der Waals surface area (Å²) in [6.07, 6.45) is 4.24. The summed E-state index contributed by atoms with van der Waals surface area (Å²) in [6, 6.07) is 28.9.